The lowest BCUT2D eigenvalue weighted by Gasteiger charge is -2.50. The van der Waals surface area contributed by atoms with Crippen molar-refractivity contribution in [1.82, 2.24) is 15.2 Å². The van der Waals surface area contributed by atoms with E-state index < -0.39 is 68.5 Å². The fraction of sp³-hybridized carbons (Fsp3) is 0.333. The van der Waals surface area contributed by atoms with Gasteiger partial charge < -0.3 is 36.9 Å². The number of hydrogen-bond donors (Lipinski definition) is 6. The van der Waals surface area contributed by atoms with Gasteiger partial charge >= 0.3 is 17.9 Å². The maximum atomic E-state index is 13.2. The summed E-state index contributed by atoms with van der Waals surface area (Å²) in [6, 6.07) is -1.16. The van der Waals surface area contributed by atoms with Crippen LogP contribution in [0.1, 0.15) is 19.5 Å². The second-order valence-electron chi connectivity index (χ2n) is 8.86. The topological polar surface area (TPSA) is 265 Å². The lowest BCUT2D eigenvalue weighted by atomic mass is 10.0. The fourth-order valence-corrected chi connectivity index (χ4v) is 8.30. The Morgan fingerprint density at radius 3 is 2.37 bits per heavy atom. The molecule has 0 unspecified atom stereocenters. The summed E-state index contributed by atoms with van der Waals surface area (Å²) in [7, 11) is 0. The van der Waals surface area contributed by atoms with Crippen molar-refractivity contribution in [3.05, 3.63) is 32.2 Å². The largest absolute Gasteiger partial charge is 0.478 e. The van der Waals surface area contributed by atoms with Crippen molar-refractivity contribution in [2.45, 2.75) is 35.4 Å². The molecule has 4 rings (SSSR count). The van der Waals surface area contributed by atoms with Gasteiger partial charge in [-0.15, -0.1) is 23.1 Å². The Balaban J connectivity index is 1.54. The summed E-state index contributed by atoms with van der Waals surface area (Å²) in [6.07, 6.45) is 0. The van der Waals surface area contributed by atoms with Crippen LogP contribution in [-0.4, -0.2) is 93.9 Å². The van der Waals surface area contributed by atoms with Crippen LogP contribution in [0.4, 0.5) is 5.13 Å². The number of thiazole rings is 1. The molecule has 8 N–H and O–H groups in total. The van der Waals surface area contributed by atoms with Crippen LogP contribution in [-0.2, 0) is 33.6 Å². The highest BCUT2D eigenvalue weighted by atomic mass is 32.3. The average molecular weight is 645 g/mol. The maximum Gasteiger partial charge on any atom is 0.352 e. The van der Waals surface area contributed by atoms with E-state index in [-0.39, 0.29) is 26.5 Å². The summed E-state index contributed by atoms with van der Waals surface area (Å²) in [6.45, 7) is 2.42. The third-order valence-electron chi connectivity index (χ3n) is 5.72. The summed E-state index contributed by atoms with van der Waals surface area (Å²) in [5.41, 5.74) is 7.92. The number of hydrogen-bond acceptors (Lipinski definition) is 14. The van der Waals surface area contributed by atoms with Crippen molar-refractivity contribution in [3.8, 4) is 0 Å². The van der Waals surface area contributed by atoms with Gasteiger partial charge in [0.05, 0.1) is 8.82 Å². The number of nitrogens with zero attached hydrogens (tertiary/aromatic N) is 3. The van der Waals surface area contributed by atoms with E-state index in [2.05, 4.69) is 15.5 Å². The number of nitrogens with one attached hydrogen (secondary N) is 1. The molecule has 2 atom stereocenters. The number of carbonyl (C=O) groups is 6. The highest BCUT2D eigenvalue weighted by molar-refractivity contribution is 8.38. The first-order chi connectivity index (χ1) is 19.1. The normalized spacial score (nSPS) is 22.2. The van der Waals surface area contributed by atoms with Gasteiger partial charge in [-0.1, -0.05) is 28.7 Å². The number of thioether (sulfide) groups is 3. The van der Waals surface area contributed by atoms with E-state index in [0.29, 0.717) is 5.57 Å². The van der Waals surface area contributed by atoms with Crippen LogP contribution in [0.15, 0.2) is 31.6 Å². The lowest BCUT2D eigenvalue weighted by Crippen LogP contribution is -2.71. The van der Waals surface area contributed by atoms with Crippen molar-refractivity contribution in [2.75, 3.05) is 11.5 Å². The van der Waals surface area contributed by atoms with Gasteiger partial charge in [0, 0.05) is 11.1 Å². The summed E-state index contributed by atoms with van der Waals surface area (Å²) in [5, 5.41) is 35.2. The van der Waals surface area contributed by atoms with Crippen LogP contribution in [0.25, 0.3) is 0 Å². The monoisotopic (exact) mass is 644 g/mol. The van der Waals surface area contributed by atoms with Gasteiger partial charge in [0.2, 0.25) is 5.60 Å². The summed E-state index contributed by atoms with van der Waals surface area (Å²) < 4.78 is -0.453. The number of carbonyl (C=O) groups excluding carboxylic acids is 3. The molecule has 3 amide bonds. The molecule has 3 aliphatic rings. The number of aromatic nitrogens is 1. The number of nitrogens with two attached hydrogens (primary N) is 2. The number of nitrogen functional groups attached to an aromatic ring is 1. The minimum absolute atomic E-state index is 0.0286. The fourth-order valence-electron chi connectivity index (χ4n) is 3.59. The van der Waals surface area contributed by atoms with Crippen molar-refractivity contribution in [1.29, 1.82) is 0 Å². The van der Waals surface area contributed by atoms with Crippen LogP contribution in [0.3, 0.4) is 0 Å². The highest BCUT2D eigenvalue weighted by Gasteiger charge is 2.56. The number of amides is 3. The van der Waals surface area contributed by atoms with Crippen LogP contribution >= 0.6 is 46.6 Å². The molecule has 20 heteroatoms. The van der Waals surface area contributed by atoms with Crippen molar-refractivity contribution >= 4 is 93.1 Å². The maximum absolute atomic E-state index is 13.2. The van der Waals surface area contributed by atoms with E-state index in [9.17, 15) is 44.1 Å². The number of rotatable bonds is 10. The quantitative estimate of drug-likeness (QED) is 0.0474. The van der Waals surface area contributed by atoms with Crippen molar-refractivity contribution < 1.29 is 48.9 Å². The minimum atomic E-state index is -1.80. The molecule has 1 aromatic rings. The molecule has 2 fully saturated rings. The molecule has 16 nitrogen and oxygen atoms in total. The summed E-state index contributed by atoms with van der Waals surface area (Å²) in [5.74, 6) is -6.94. The highest BCUT2D eigenvalue weighted by Crippen LogP contribution is 2.58. The predicted octanol–water partition coefficient (Wildman–Crippen LogP) is -0.365. The standard InChI is InChI=1S/C21H20N6O10S4/c1-21(2,19(35)36)37-26-8(6-4-39-20(23)24-6)12(29)25-9-13(30)27-10(16(33)34)5(3-38-14(9)27)17-40-18(41-17)7(11(22)28)15(31)32/h4,9,14,17H,3H2,1-2H3,(H2,22,28)(H2,23,24)(H,25,29)(H,31,32)(H,33,34)(H,35,36)/b18-7?,26-8-/t9-,14-,17?/m1/s1. The molecular formula is C21H20N6O10S4. The SMILES string of the molecule is CC(C)(O/N=C(\C(=O)N[C@@H]1C(=O)N2C(C(=O)O)=C(C3SC(=C(C(N)=O)C(=O)O)S3)CS[C@H]12)c1csc(N)n1)C(=O)O. The van der Waals surface area contributed by atoms with Gasteiger partial charge in [-0.25, -0.2) is 19.4 Å². The minimum Gasteiger partial charge on any atom is -0.478 e. The molecule has 218 valence electrons. The molecule has 0 aliphatic carbocycles. The second kappa shape index (κ2) is 11.3. The molecule has 0 spiro atoms. The van der Waals surface area contributed by atoms with Gasteiger partial charge in [-0.3, -0.25) is 19.3 Å². The molecule has 0 aromatic carbocycles. The van der Waals surface area contributed by atoms with Crippen molar-refractivity contribution in [3.63, 3.8) is 0 Å². The Kier molecular flexibility index (Phi) is 8.30. The summed E-state index contributed by atoms with van der Waals surface area (Å²) >= 11 is 4.05. The molecule has 3 aliphatic heterocycles. The molecule has 0 saturated carbocycles. The van der Waals surface area contributed by atoms with Crippen LogP contribution in [0.5, 0.6) is 0 Å². The lowest BCUT2D eigenvalue weighted by molar-refractivity contribution is -0.161. The smallest absolute Gasteiger partial charge is 0.352 e. The number of carboxylic acids is 3. The number of primary amides is 1. The van der Waals surface area contributed by atoms with E-state index in [1.165, 1.54) is 31.0 Å². The third kappa shape index (κ3) is 5.72. The number of carboxylic acid groups (broad SMARTS) is 3. The number of aliphatic carboxylic acids is 3. The van der Waals surface area contributed by atoms with E-state index >= 15 is 0 Å². The van der Waals surface area contributed by atoms with Crippen LogP contribution < -0.4 is 16.8 Å². The number of anilines is 1. The first-order valence-electron chi connectivity index (χ1n) is 11.2. The number of fused-ring (bicyclic) bond motifs is 1. The zero-order chi connectivity index (χ0) is 30.4. The van der Waals surface area contributed by atoms with Gasteiger partial charge in [0.15, 0.2) is 10.8 Å². The predicted molar refractivity (Wildman–Crippen MR) is 148 cm³/mol. The molecule has 2 saturated heterocycles. The van der Waals surface area contributed by atoms with E-state index in [4.69, 9.17) is 16.3 Å². The average Bonchev–Trinajstić information content (AvgIpc) is 3.28. The molecule has 0 radical (unpaired) electrons. The molecule has 4 heterocycles. The third-order valence-corrected chi connectivity index (χ3v) is 10.7. The molecule has 41 heavy (non-hydrogen) atoms. The molecule has 1 aromatic heterocycles. The van der Waals surface area contributed by atoms with Gasteiger partial charge in [0.25, 0.3) is 17.7 Å². The van der Waals surface area contributed by atoms with Crippen LogP contribution in [0, 0.1) is 0 Å². The molecular weight excluding hydrogens is 625 g/mol. The zero-order valence-corrected chi connectivity index (χ0v) is 24.1. The first kappa shape index (κ1) is 30.2. The second-order valence-corrected chi connectivity index (χ2v) is 13.6. The van der Waals surface area contributed by atoms with Crippen LogP contribution in [0.2, 0.25) is 0 Å². The van der Waals surface area contributed by atoms with Gasteiger partial charge in [-0.05, 0) is 19.4 Å². The zero-order valence-electron chi connectivity index (χ0n) is 20.8. The molecule has 0 bridgehead atoms. The Hall–Kier alpha value is -3.75. The Morgan fingerprint density at radius 1 is 1.20 bits per heavy atom. The number of β-lactam (4-membered cyclic amide) rings is 1. The van der Waals surface area contributed by atoms with E-state index in [1.54, 1.807) is 0 Å². The van der Waals surface area contributed by atoms with E-state index in [1.807, 2.05) is 0 Å². The number of oxime groups is 1. The van der Waals surface area contributed by atoms with Crippen molar-refractivity contribution in [2.24, 2.45) is 10.9 Å². The Morgan fingerprint density at radius 2 is 1.85 bits per heavy atom. The Bertz CT molecular complexity index is 1460. The van der Waals surface area contributed by atoms with E-state index in [0.717, 1.165) is 39.8 Å². The van der Waals surface area contributed by atoms with Gasteiger partial charge in [0.1, 0.15) is 28.4 Å². The summed E-state index contributed by atoms with van der Waals surface area (Å²) in [4.78, 5) is 82.7. The van der Waals surface area contributed by atoms with Gasteiger partial charge in [-0.2, -0.15) is 0 Å². The first-order valence-corrected chi connectivity index (χ1v) is 14.9. The Labute approximate surface area is 246 Å².